The average molecular weight is 434 g/mol. The third kappa shape index (κ3) is 4.54. The molecule has 0 spiro atoms. The zero-order valence-corrected chi connectivity index (χ0v) is 17.3. The molecule has 1 atom stereocenters. The molecule has 0 radical (unpaired) electrons. The summed E-state index contributed by atoms with van der Waals surface area (Å²) in [6, 6.07) is 11.4. The highest BCUT2D eigenvalue weighted by molar-refractivity contribution is 6.30. The van der Waals surface area contributed by atoms with E-state index in [1.54, 1.807) is 31.3 Å². The summed E-state index contributed by atoms with van der Waals surface area (Å²) >= 11 is 5.82. The standard InChI is InChI=1S/C21H21ClFN3O4/c1-21(14-3-7-16(23)8-4-14)19(28)26(20(29)24-21)13-18(27)25(2)11-12-30-17-9-5-15(22)6-10-17/h3-10H,11-13H2,1-2H3,(H,24,29). The third-order valence-electron chi connectivity index (χ3n) is 4.92. The molecule has 1 heterocycles. The van der Waals surface area contributed by atoms with Gasteiger partial charge in [0.25, 0.3) is 5.91 Å². The van der Waals surface area contributed by atoms with Crippen LogP contribution in [0.1, 0.15) is 12.5 Å². The SMILES string of the molecule is CN(CCOc1ccc(Cl)cc1)C(=O)CN1C(=O)NC(C)(c2ccc(F)cc2)C1=O. The Bertz CT molecular complexity index is 952. The maximum atomic E-state index is 13.2. The number of likely N-dealkylation sites (N-methyl/N-ethyl adjacent to an activating group) is 1. The molecule has 30 heavy (non-hydrogen) atoms. The molecule has 7 nitrogen and oxygen atoms in total. The Hall–Kier alpha value is -3.13. The number of urea groups is 1. The van der Waals surface area contributed by atoms with E-state index in [0.29, 0.717) is 16.3 Å². The first-order valence-corrected chi connectivity index (χ1v) is 9.61. The van der Waals surface area contributed by atoms with Crippen LogP contribution in [0.5, 0.6) is 5.75 Å². The van der Waals surface area contributed by atoms with Crippen LogP contribution in [0.2, 0.25) is 5.02 Å². The summed E-state index contributed by atoms with van der Waals surface area (Å²) in [5.74, 6) is -0.821. The summed E-state index contributed by atoms with van der Waals surface area (Å²) in [4.78, 5) is 39.9. The Balaban J connectivity index is 1.57. The highest BCUT2D eigenvalue weighted by Gasteiger charge is 2.49. The molecule has 1 fully saturated rings. The molecule has 0 bridgehead atoms. The largest absolute Gasteiger partial charge is 0.492 e. The maximum absolute atomic E-state index is 13.2. The molecule has 158 valence electrons. The van der Waals surface area contributed by atoms with Crippen LogP contribution in [-0.4, -0.2) is 54.4 Å². The lowest BCUT2D eigenvalue weighted by Crippen LogP contribution is -2.44. The van der Waals surface area contributed by atoms with Crippen molar-refractivity contribution in [3.63, 3.8) is 0 Å². The Morgan fingerprint density at radius 3 is 2.43 bits per heavy atom. The third-order valence-corrected chi connectivity index (χ3v) is 5.18. The number of rotatable bonds is 7. The first kappa shape index (κ1) is 21.6. The van der Waals surface area contributed by atoms with E-state index in [9.17, 15) is 18.8 Å². The molecule has 1 saturated heterocycles. The van der Waals surface area contributed by atoms with Gasteiger partial charge < -0.3 is 15.0 Å². The summed E-state index contributed by atoms with van der Waals surface area (Å²) in [5.41, 5.74) is -0.927. The van der Waals surface area contributed by atoms with Crippen molar-refractivity contribution in [2.24, 2.45) is 0 Å². The monoisotopic (exact) mass is 433 g/mol. The number of nitrogens with zero attached hydrogens (tertiary/aromatic N) is 2. The van der Waals surface area contributed by atoms with Crippen LogP contribution >= 0.6 is 11.6 Å². The van der Waals surface area contributed by atoms with Crippen LogP contribution in [0, 0.1) is 5.82 Å². The van der Waals surface area contributed by atoms with Crippen molar-refractivity contribution in [1.29, 1.82) is 0 Å². The van der Waals surface area contributed by atoms with E-state index in [2.05, 4.69) is 5.32 Å². The van der Waals surface area contributed by atoms with Gasteiger partial charge in [-0.1, -0.05) is 23.7 Å². The van der Waals surface area contributed by atoms with Crippen molar-refractivity contribution >= 4 is 29.4 Å². The van der Waals surface area contributed by atoms with E-state index in [1.165, 1.54) is 36.1 Å². The number of ether oxygens (including phenoxy) is 1. The number of halogens is 2. The first-order chi connectivity index (χ1) is 14.2. The molecule has 0 aliphatic carbocycles. The van der Waals surface area contributed by atoms with Crippen LogP contribution in [0.15, 0.2) is 48.5 Å². The molecule has 4 amide bonds. The van der Waals surface area contributed by atoms with Gasteiger partial charge in [-0.05, 0) is 48.9 Å². The van der Waals surface area contributed by atoms with E-state index >= 15 is 0 Å². The number of hydrogen-bond donors (Lipinski definition) is 1. The minimum Gasteiger partial charge on any atom is -0.492 e. The fourth-order valence-electron chi connectivity index (χ4n) is 3.03. The van der Waals surface area contributed by atoms with Gasteiger partial charge in [-0.15, -0.1) is 0 Å². The molecule has 1 N–H and O–H groups in total. The van der Waals surface area contributed by atoms with Gasteiger partial charge >= 0.3 is 6.03 Å². The Labute approximate surface area is 178 Å². The molecule has 2 aromatic carbocycles. The molecule has 2 aromatic rings. The molecular weight excluding hydrogens is 413 g/mol. The first-order valence-electron chi connectivity index (χ1n) is 9.23. The fourth-order valence-corrected chi connectivity index (χ4v) is 3.16. The topological polar surface area (TPSA) is 79.0 Å². The van der Waals surface area contributed by atoms with Crippen molar-refractivity contribution in [2.75, 3.05) is 26.7 Å². The number of imide groups is 1. The summed E-state index contributed by atoms with van der Waals surface area (Å²) in [7, 11) is 1.56. The molecule has 1 aliphatic rings. The van der Waals surface area contributed by atoms with E-state index in [-0.39, 0.29) is 13.2 Å². The predicted molar refractivity (Wildman–Crippen MR) is 109 cm³/mol. The minimum absolute atomic E-state index is 0.233. The Morgan fingerprint density at radius 1 is 1.17 bits per heavy atom. The Morgan fingerprint density at radius 2 is 1.80 bits per heavy atom. The second-order valence-electron chi connectivity index (χ2n) is 7.07. The summed E-state index contributed by atoms with van der Waals surface area (Å²) < 4.78 is 18.7. The zero-order valence-electron chi connectivity index (χ0n) is 16.5. The molecular formula is C21H21ClFN3O4. The highest BCUT2D eigenvalue weighted by atomic mass is 35.5. The Kier molecular flexibility index (Phi) is 6.26. The van der Waals surface area contributed by atoms with Gasteiger partial charge in [0.2, 0.25) is 5.91 Å². The van der Waals surface area contributed by atoms with Crippen LogP contribution in [0.4, 0.5) is 9.18 Å². The van der Waals surface area contributed by atoms with Gasteiger partial charge in [0, 0.05) is 12.1 Å². The number of hydrogen-bond acceptors (Lipinski definition) is 4. The van der Waals surface area contributed by atoms with Gasteiger partial charge in [-0.2, -0.15) is 0 Å². The van der Waals surface area contributed by atoms with E-state index in [0.717, 1.165) is 4.90 Å². The number of carbonyl (C=O) groups excluding carboxylic acids is 3. The van der Waals surface area contributed by atoms with Crippen LogP contribution in [-0.2, 0) is 15.1 Å². The van der Waals surface area contributed by atoms with Crippen molar-refractivity contribution in [3.05, 3.63) is 64.9 Å². The zero-order chi connectivity index (χ0) is 21.9. The second kappa shape index (κ2) is 8.71. The number of nitrogens with one attached hydrogen (secondary N) is 1. The molecule has 9 heteroatoms. The predicted octanol–water partition coefficient (Wildman–Crippen LogP) is 2.78. The van der Waals surface area contributed by atoms with E-state index in [1.807, 2.05) is 0 Å². The number of benzene rings is 2. The van der Waals surface area contributed by atoms with Gasteiger partial charge in [-0.3, -0.25) is 14.5 Å². The number of carbonyl (C=O) groups is 3. The van der Waals surface area contributed by atoms with Gasteiger partial charge in [-0.25, -0.2) is 9.18 Å². The summed E-state index contributed by atoms with van der Waals surface area (Å²) in [6.07, 6.45) is 0. The maximum Gasteiger partial charge on any atom is 0.325 e. The van der Waals surface area contributed by atoms with Crippen molar-refractivity contribution in [3.8, 4) is 5.75 Å². The normalized spacial score (nSPS) is 18.3. The molecule has 0 aromatic heterocycles. The van der Waals surface area contributed by atoms with Crippen LogP contribution in [0.3, 0.4) is 0 Å². The number of amides is 4. The lowest BCUT2D eigenvalue weighted by atomic mass is 9.92. The van der Waals surface area contributed by atoms with Crippen LogP contribution < -0.4 is 10.1 Å². The summed E-state index contributed by atoms with van der Waals surface area (Å²) in [6.45, 7) is 1.62. The molecule has 1 unspecified atom stereocenters. The second-order valence-corrected chi connectivity index (χ2v) is 7.51. The van der Waals surface area contributed by atoms with Crippen molar-refractivity contribution in [1.82, 2.24) is 15.1 Å². The van der Waals surface area contributed by atoms with E-state index in [4.69, 9.17) is 16.3 Å². The lowest BCUT2D eigenvalue weighted by molar-refractivity contribution is -0.138. The van der Waals surface area contributed by atoms with Crippen molar-refractivity contribution < 1.29 is 23.5 Å². The van der Waals surface area contributed by atoms with Crippen LogP contribution in [0.25, 0.3) is 0 Å². The van der Waals surface area contributed by atoms with Crippen molar-refractivity contribution in [2.45, 2.75) is 12.5 Å². The quantitative estimate of drug-likeness (QED) is 0.681. The smallest absolute Gasteiger partial charge is 0.325 e. The van der Waals surface area contributed by atoms with Gasteiger partial charge in [0.05, 0.1) is 6.54 Å². The van der Waals surface area contributed by atoms with Gasteiger partial charge in [0.1, 0.15) is 30.3 Å². The molecule has 3 rings (SSSR count). The minimum atomic E-state index is -1.36. The lowest BCUT2D eigenvalue weighted by Gasteiger charge is -2.23. The summed E-state index contributed by atoms with van der Waals surface area (Å²) in [5, 5.41) is 3.18. The highest BCUT2D eigenvalue weighted by Crippen LogP contribution is 2.28. The fraction of sp³-hybridized carbons (Fsp3) is 0.286. The van der Waals surface area contributed by atoms with E-state index < -0.39 is 35.7 Å². The average Bonchev–Trinajstić information content (AvgIpc) is 2.93. The molecule has 1 aliphatic heterocycles. The van der Waals surface area contributed by atoms with Gasteiger partial charge in [0.15, 0.2) is 0 Å². The molecule has 0 saturated carbocycles.